The molecule has 0 amide bonds. The molecule has 0 atom stereocenters. The molecule has 0 aliphatic rings. The second-order valence-corrected chi connectivity index (χ2v) is 5.60. The summed E-state index contributed by atoms with van der Waals surface area (Å²) >= 11 is 1.63. The Labute approximate surface area is 124 Å². The Balaban J connectivity index is 2.31. The van der Waals surface area contributed by atoms with Gasteiger partial charge >= 0.3 is 5.69 Å². The second kappa shape index (κ2) is 4.92. The van der Waals surface area contributed by atoms with Crippen molar-refractivity contribution in [1.29, 1.82) is 0 Å². The molecule has 0 unspecified atom stereocenters. The van der Waals surface area contributed by atoms with Crippen LogP contribution in [0.5, 0.6) is 0 Å². The Morgan fingerprint density at radius 3 is 2.67 bits per heavy atom. The van der Waals surface area contributed by atoms with Crippen molar-refractivity contribution in [2.45, 2.75) is 4.90 Å². The van der Waals surface area contributed by atoms with Crippen molar-refractivity contribution in [1.82, 2.24) is 19.1 Å². The highest BCUT2D eigenvalue weighted by Crippen LogP contribution is 2.23. The summed E-state index contributed by atoms with van der Waals surface area (Å²) in [4.78, 5) is 32.6. The molecule has 2 heterocycles. The summed E-state index contributed by atoms with van der Waals surface area (Å²) in [6.07, 6.45) is 2.00. The molecule has 6 nitrogen and oxygen atoms in total. The van der Waals surface area contributed by atoms with Crippen molar-refractivity contribution in [2.24, 2.45) is 14.1 Å². The number of nitrogens with zero attached hydrogens (tertiary/aromatic N) is 3. The summed E-state index contributed by atoms with van der Waals surface area (Å²) in [6, 6.07) is 7.85. The van der Waals surface area contributed by atoms with Gasteiger partial charge in [0.05, 0.1) is 0 Å². The van der Waals surface area contributed by atoms with Crippen LogP contribution < -0.4 is 11.2 Å². The van der Waals surface area contributed by atoms with Gasteiger partial charge in [0, 0.05) is 24.6 Å². The fourth-order valence-electron chi connectivity index (χ4n) is 2.23. The van der Waals surface area contributed by atoms with Gasteiger partial charge in [-0.15, -0.1) is 11.8 Å². The normalized spacial score (nSPS) is 11.2. The maximum absolute atomic E-state index is 12.1. The molecule has 1 aromatic carbocycles. The fourth-order valence-corrected chi connectivity index (χ4v) is 2.69. The van der Waals surface area contributed by atoms with Crippen molar-refractivity contribution in [3.8, 4) is 11.4 Å². The Kier molecular flexibility index (Phi) is 3.21. The van der Waals surface area contributed by atoms with Gasteiger partial charge in [-0.05, 0) is 18.4 Å². The molecular formula is C14H14N4O2S. The van der Waals surface area contributed by atoms with Gasteiger partial charge in [-0.3, -0.25) is 13.9 Å². The lowest BCUT2D eigenvalue weighted by Gasteiger charge is -2.00. The molecule has 0 fully saturated rings. The average molecular weight is 302 g/mol. The van der Waals surface area contributed by atoms with Crippen LogP contribution in [0.2, 0.25) is 0 Å². The maximum Gasteiger partial charge on any atom is 0.332 e. The number of H-pyrrole nitrogens is 1. The van der Waals surface area contributed by atoms with Crippen molar-refractivity contribution in [3.63, 3.8) is 0 Å². The van der Waals surface area contributed by atoms with Crippen molar-refractivity contribution < 1.29 is 0 Å². The van der Waals surface area contributed by atoms with E-state index in [4.69, 9.17) is 0 Å². The van der Waals surface area contributed by atoms with Crippen molar-refractivity contribution in [2.75, 3.05) is 6.26 Å². The minimum atomic E-state index is -0.386. The molecule has 0 aliphatic carbocycles. The van der Waals surface area contributed by atoms with E-state index in [1.165, 1.54) is 11.6 Å². The van der Waals surface area contributed by atoms with Crippen LogP contribution >= 0.6 is 11.8 Å². The predicted molar refractivity (Wildman–Crippen MR) is 83.8 cm³/mol. The summed E-state index contributed by atoms with van der Waals surface area (Å²) in [5, 5.41) is 0. The van der Waals surface area contributed by atoms with Crippen LogP contribution in [0.1, 0.15) is 0 Å². The zero-order valence-corrected chi connectivity index (χ0v) is 12.7. The Bertz CT molecular complexity index is 952. The molecule has 0 bridgehead atoms. The third-order valence-electron chi connectivity index (χ3n) is 3.44. The Morgan fingerprint density at radius 1 is 1.19 bits per heavy atom. The standard InChI is InChI=1S/C14H14N4O2S/c1-17-12-10(13(19)18(2)14(17)20)15-11(16-12)8-5-4-6-9(7-8)21-3/h4-7H,1-3H3,(H,15,16). The number of fused-ring (bicyclic) bond motifs is 1. The lowest BCUT2D eigenvalue weighted by atomic mass is 10.2. The molecule has 2 aromatic heterocycles. The van der Waals surface area contributed by atoms with Crippen LogP contribution in [0.25, 0.3) is 22.6 Å². The van der Waals surface area contributed by atoms with E-state index in [0.717, 1.165) is 15.0 Å². The Morgan fingerprint density at radius 2 is 1.95 bits per heavy atom. The zero-order valence-electron chi connectivity index (χ0n) is 11.9. The molecule has 0 spiro atoms. The number of hydrogen-bond acceptors (Lipinski definition) is 4. The van der Waals surface area contributed by atoms with E-state index in [2.05, 4.69) is 9.97 Å². The van der Waals surface area contributed by atoms with E-state index in [-0.39, 0.29) is 11.2 Å². The lowest BCUT2D eigenvalue weighted by Crippen LogP contribution is -2.36. The highest BCUT2D eigenvalue weighted by atomic mass is 32.2. The molecule has 1 N–H and O–H groups in total. The molecule has 0 radical (unpaired) electrons. The van der Waals surface area contributed by atoms with E-state index >= 15 is 0 Å². The van der Waals surface area contributed by atoms with Gasteiger partial charge in [-0.1, -0.05) is 12.1 Å². The van der Waals surface area contributed by atoms with Gasteiger partial charge in [0.1, 0.15) is 11.3 Å². The number of benzene rings is 1. The minimum Gasteiger partial charge on any atom is -0.332 e. The van der Waals surface area contributed by atoms with Gasteiger partial charge < -0.3 is 4.98 Å². The van der Waals surface area contributed by atoms with E-state index < -0.39 is 0 Å². The van der Waals surface area contributed by atoms with Gasteiger partial charge in [0.25, 0.3) is 5.56 Å². The van der Waals surface area contributed by atoms with Crippen LogP contribution in [0.3, 0.4) is 0 Å². The largest absolute Gasteiger partial charge is 0.332 e. The summed E-state index contributed by atoms with van der Waals surface area (Å²) in [7, 11) is 3.06. The smallest absolute Gasteiger partial charge is 0.332 e. The van der Waals surface area contributed by atoms with Crippen LogP contribution in [-0.4, -0.2) is 25.4 Å². The summed E-state index contributed by atoms with van der Waals surface area (Å²) in [5.74, 6) is 0.583. The molecular weight excluding hydrogens is 288 g/mol. The number of hydrogen-bond donors (Lipinski definition) is 1. The number of aryl methyl sites for hydroxylation is 1. The number of rotatable bonds is 2. The number of thioether (sulfide) groups is 1. The van der Waals surface area contributed by atoms with Gasteiger partial charge in [0.2, 0.25) is 0 Å². The molecule has 3 aromatic rings. The van der Waals surface area contributed by atoms with Crippen LogP contribution in [-0.2, 0) is 14.1 Å². The number of aromatic amines is 1. The molecule has 7 heteroatoms. The SMILES string of the molecule is CSc1cccc(-c2nc3c([nH]2)c(=O)n(C)c(=O)n3C)c1. The van der Waals surface area contributed by atoms with E-state index in [9.17, 15) is 9.59 Å². The fraction of sp³-hybridized carbons (Fsp3) is 0.214. The first-order valence-electron chi connectivity index (χ1n) is 6.33. The topological polar surface area (TPSA) is 72.7 Å². The number of aromatic nitrogens is 4. The molecule has 0 aliphatic heterocycles. The van der Waals surface area contributed by atoms with E-state index in [0.29, 0.717) is 17.0 Å². The van der Waals surface area contributed by atoms with Crippen molar-refractivity contribution in [3.05, 3.63) is 45.1 Å². The minimum absolute atomic E-state index is 0.337. The first kappa shape index (κ1) is 13.7. The summed E-state index contributed by atoms with van der Waals surface area (Å²) in [6.45, 7) is 0. The van der Waals surface area contributed by atoms with Gasteiger partial charge in [0.15, 0.2) is 5.65 Å². The summed E-state index contributed by atoms with van der Waals surface area (Å²) in [5.41, 5.74) is 0.834. The Hall–Kier alpha value is -2.28. The van der Waals surface area contributed by atoms with Gasteiger partial charge in [-0.25, -0.2) is 9.78 Å². The van der Waals surface area contributed by atoms with Gasteiger partial charge in [-0.2, -0.15) is 0 Å². The molecule has 108 valence electrons. The van der Waals surface area contributed by atoms with Crippen molar-refractivity contribution >= 4 is 22.9 Å². The zero-order chi connectivity index (χ0) is 15.1. The molecule has 21 heavy (non-hydrogen) atoms. The van der Waals surface area contributed by atoms with E-state index in [1.54, 1.807) is 18.8 Å². The first-order chi connectivity index (χ1) is 10.0. The highest BCUT2D eigenvalue weighted by molar-refractivity contribution is 7.98. The van der Waals surface area contributed by atoms with Crippen LogP contribution in [0, 0.1) is 0 Å². The van der Waals surface area contributed by atoms with Crippen LogP contribution in [0.15, 0.2) is 38.8 Å². The quantitative estimate of drug-likeness (QED) is 0.725. The van der Waals surface area contributed by atoms with Crippen LogP contribution in [0.4, 0.5) is 0 Å². The highest BCUT2D eigenvalue weighted by Gasteiger charge is 2.14. The summed E-state index contributed by atoms with van der Waals surface area (Å²) < 4.78 is 2.44. The first-order valence-corrected chi connectivity index (χ1v) is 7.55. The number of imidazole rings is 1. The third kappa shape index (κ3) is 2.09. The molecule has 3 rings (SSSR count). The van der Waals surface area contributed by atoms with E-state index in [1.807, 2.05) is 30.5 Å². The molecule has 0 saturated carbocycles. The monoisotopic (exact) mass is 302 g/mol. The number of nitrogens with one attached hydrogen (secondary N) is 1. The maximum atomic E-state index is 12.1. The third-order valence-corrected chi connectivity index (χ3v) is 4.16. The average Bonchev–Trinajstić information content (AvgIpc) is 2.96. The molecule has 0 saturated heterocycles. The predicted octanol–water partition coefficient (Wildman–Crippen LogP) is 1.35. The second-order valence-electron chi connectivity index (χ2n) is 4.72. The lowest BCUT2D eigenvalue weighted by molar-refractivity contribution is 0.709.